The van der Waals surface area contributed by atoms with E-state index in [4.69, 9.17) is 4.74 Å². The standard InChI is InChI=1S/C32H40O4.2H2/c1-32-17-20(14-25(35)19-34)15-30(32)28-10-8-24-16-26(36-13-12-33)9-11-27(24)31(28)29(18-32)23-6-4-22(5-7-23)21-2-3-21;;/h4-7,9,11,14,16,20-21,28-31,33-35H,2-3,8,10,12-13,15,17-19H2,1H3;2*1H/b25-14+;;/t20?,28?,29-,30+,31?,32+;;/m1../s1. The second kappa shape index (κ2) is 9.54. The molecule has 3 saturated carbocycles. The molecule has 0 amide bonds. The Hall–Kier alpha value is -2.30. The smallest absolute Gasteiger partial charge is 0.119 e. The Bertz CT molecular complexity index is 1130. The van der Waals surface area contributed by atoms with E-state index in [1.54, 1.807) is 0 Å². The van der Waals surface area contributed by atoms with Gasteiger partial charge in [0.2, 0.25) is 0 Å². The molecule has 3 unspecified atom stereocenters. The molecule has 0 heterocycles. The van der Waals surface area contributed by atoms with E-state index in [0.29, 0.717) is 36.2 Å². The molecule has 2 aromatic carbocycles. The fraction of sp³-hybridized carbons (Fsp3) is 0.562. The van der Waals surface area contributed by atoms with Gasteiger partial charge in [0.05, 0.1) is 13.2 Å². The third kappa shape index (κ3) is 4.37. The third-order valence-electron chi connectivity index (χ3n) is 9.86. The van der Waals surface area contributed by atoms with Crippen molar-refractivity contribution in [3.8, 4) is 5.75 Å². The average molecular weight is 493 g/mol. The highest BCUT2D eigenvalue weighted by atomic mass is 16.5. The lowest BCUT2D eigenvalue weighted by molar-refractivity contribution is 0.0431. The summed E-state index contributed by atoms with van der Waals surface area (Å²) in [4.78, 5) is 0. The van der Waals surface area contributed by atoms with Crippen LogP contribution in [0.3, 0.4) is 0 Å². The minimum absolute atomic E-state index is 0. The van der Waals surface area contributed by atoms with E-state index in [2.05, 4.69) is 49.4 Å². The molecule has 0 saturated heterocycles. The number of aliphatic hydroxyl groups excluding tert-OH is 3. The Kier molecular flexibility index (Phi) is 6.37. The van der Waals surface area contributed by atoms with E-state index >= 15 is 0 Å². The molecule has 4 aliphatic carbocycles. The van der Waals surface area contributed by atoms with Gasteiger partial charge in [-0.3, -0.25) is 0 Å². The highest BCUT2D eigenvalue weighted by Gasteiger charge is 2.56. The molecule has 0 aromatic heterocycles. The molecule has 196 valence electrons. The van der Waals surface area contributed by atoms with Gasteiger partial charge in [-0.2, -0.15) is 0 Å². The van der Waals surface area contributed by atoms with Crippen LogP contribution in [-0.2, 0) is 6.42 Å². The summed E-state index contributed by atoms with van der Waals surface area (Å²) in [5.41, 5.74) is 6.09. The number of benzene rings is 2. The van der Waals surface area contributed by atoms with Gasteiger partial charge >= 0.3 is 0 Å². The van der Waals surface area contributed by atoms with E-state index in [-0.39, 0.29) is 27.2 Å². The number of hydrogen-bond acceptors (Lipinski definition) is 4. The number of allylic oxidation sites excluding steroid dienone is 1. The molecule has 6 atom stereocenters. The Morgan fingerprint density at radius 3 is 2.56 bits per heavy atom. The molecule has 3 N–H and O–H groups in total. The average Bonchev–Trinajstić information content (AvgIpc) is 3.69. The Morgan fingerprint density at radius 1 is 1.06 bits per heavy atom. The lowest BCUT2D eigenvalue weighted by atomic mass is 9.51. The Labute approximate surface area is 218 Å². The van der Waals surface area contributed by atoms with Gasteiger partial charge in [0.25, 0.3) is 0 Å². The Morgan fingerprint density at radius 2 is 1.83 bits per heavy atom. The van der Waals surface area contributed by atoms with Gasteiger partial charge < -0.3 is 20.1 Å². The second-order valence-corrected chi connectivity index (χ2v) is 12.2. The number of hydrogen-bond donors (Lipinski definition) is 3. The first-order chi connectivity index (χ1) is 17.5. The summed E-state index contributed by atoms with van der Waals surface area (Å²) in [6.07, 6.45) is 10.2. The summed E-state index contributed by atoms with van der Waals surface area (Å²) in [5, 5.41) is 28.7. The van der Waals surface area contributed by atoms with E-state index in [1.807, 2.05) is 6.08 Å². The minimum Gasteiger partial charge on any atom is -0.510 e. The minimum atomic E-state index is -0.270. The Balaban J connectivity index is 0.00000168. The lowest BCUT2D eigenvalue weighted by Gasteiger charge is -2.53. The molecule has 2 aromatic rings. The van der Waals surface area contributed by atoms with Crippen LogP contribution in [0.4, 0.5) is 0 Å². The lowest BCUT2D eigenvalue weighted by Crippen LogP contribution is -2.43. The molecular formula is C32H44O4. The van der Waals surface area contributed by atoms with Gasteiger partial charge in [-0.15, -0.1) is 0 Å². The topological polar surface area (TPSA) is 69.9 Å². The molecule has 0 bridgehead atoms. The van der Waals surface area contributed by atoms with Crippen molar-refractivity contribution in [2.75, 3.05) is 19.8 Å². The summed E-state index contributed by atoms with van der Waals surface area (Å²) in [6.45, 7) is 2.58. The number of rotatable bonds is 7. The monoisotopic (exact) mass is 492 g/mol. The van der Waals surface area contributed by atoms with Crippen molar-refractivity contribution in [2.45, 2.75) is 69.6 Å². The van der Waals surface area contributed by atoms with Gasteiger partial charge in [-0.1, -0.05) is 37.3 Å². The predicted octanol–water partition coefficient (Wildman–Crippen LogP) is 6.73. The van der Waals surface area contributed by atoms with Crippen molar-refractivity contribution in [1.29, 1.82) is 0 Å². The van der Waals surface area contributed by atoms with Crippen molar-refractivity contribution < 1.29 is 22.9 Å². The molecule has 0 spiro atoms. The van der Waals surface area contributed by atoms with Crippen LogP contribution in [0.25, 0.3) is 0 Å². The van der Waals surface area contributed by atoms with Crippen LogP contribution < -0.4 is 4.74 Å². The molecule has 36 heavy (non-hydrogen) atoms. The quantitative estimate of drug-likeness (QED) is 0.375. The predicted molar refractivity (Wildman–Crippen MR) is 146 cm³/mol. The zero-order valence-corrected chi connectivity index (χ0v) is 21.4. The van der Waals surface area contributed by atoms with Crippen LogP contribution >= 0.6 is 0 Å². The van der Waals surface area contributed by atoms with Crippen LogP contribution in [0.2, 0.25) is 0 Å². The zero-order valence-electron chi connectivity index (χ0n) is 21.4. The summed E-state index contributed by atoms with van der Waals surface area (Å²) in [5.74, 6) is 4.28. The van der Waals surface area contributed by atoms with Crippen LogP contribution in [0, 0.1) is 23.2 Å². The van der Waals surface area contributed by atoms with Gasteiger partial charge in [-0.05, 0) is 126 Å². The molecule has 0 aliphatic heterocycles. The van der Waals surface area contributed by atoms with Crippen molar-refractivity contribution in [3.05, 3.63) is 76.6 Å². The van der Waals surface area contributed by atoms with E-state index in [9.17, 15) is 15.3 Å². The number of aliphatic hydroxyl groups is 3. The van der Waals surface area contributed by atoms with Crippen molar-refractivity contribution in [2.24, 2.45) is 23.2 Å². The molecule has 0 radical (unpaired) electrons. The molecule has 3 fully saturated rings. The number of fused-ring (bicyclic) bond motifs is 5. The molecule has 6 rings (SSSR count). The van der Waals surface area contributed by atoms with E-state index in [0.717, 1.165) is 37.4 Å². The first-order valence-electron chi connectivity index (χ1n) is 14.0. The first-order valence-corrected chi connectivity index (χ1v) is 14.0. The zero-order chi connectivity index (χ0) is 24.9. The van der Waals surface area contributed by atoms with Gasteiger partial charge in [-0.25, -0.2) is 0 Å². The van der Waals surface area contributed by atoms with E-state index < -0.39 is 0 Å². The maximum absolute atomic E-state index is 10.1. The highest BCUT2D eigenvalue weighted by molar-refractivity contribution is 5.44. The van der Waals surface area contributed by atoms with Crippen molar-refractivity contribution in [3.63, 3.8) is 0 Å². The maximum atomic E-state index is 10.1. The fourth-order valence-electron chi connectivity index (χ4n) is 8.29. The van der Waals surface area contributed by atoms with Gasteiger partial charge in [0.1, 0.15) is 18.1 Å². The maximum Gasteiger partial charge on any atom is 0.119 e. The first kappa shape index (κ1) is 24.1. The van der Waals surface area contributed by atoms with Crippen LogP contribution in [0.1, 0.15) is 88.3 Å². The molecule has 4 heteroatoms. The second-order valence-electron chi connectivity index (χ2n) is 12.2. The summed E-state index contributed by atoms with van der Waals surface area (Å²) >= 11 is 0. The normalized spacial score (nSPS) is 33.5. The molecule has 4 nitrogen and oxygen atoms in total. The fourth-order valence-corrected chi connectivity index (χ4v) is 8.29. The largest absolute Gasteiger partial charge is 0.510 e. The van der Waals surface area contributed by atoms with Gasteiger partial charge in [0.15, 0.2) is 0 Å². The molecular weight excluding hydrogens is 448 g/mol. The van der Waals surface area contributed by atoms with E-state index in [1.165, 1.54) is 41.5 Å². The number of aryl methyl sites for hydroxylation is 1. The van der Waals surface area contributed by atoms with Crippen LogP contribution in [-0.4, -0.2) is 35.1 Å². The summed E-state index contributed by atoms with van der Waals surface area (Å²) in [7, 11) is 0. The summed E-state index contributed by atoms with van der Waals surface area (Å²) in [6, 6.07) is 16.2. The molecule has 4 aliphatic rings. The SMILES string of the molecule is C[C@@]12CC(/C=C(/O)CO)C[C@H]1C1CCc3cc(OCCO)ccc3C1[C@@H](c1ccc(C3CC3)cc1)C2.[HH].[HH]. The van der Waals surface area contributed by atoms with Crippen LogP contribution in [0.5, 0.6) is 5.75 Å². The third-order valence-corrected chi connectivity index (χ3v) is 9.86. The highest BCUT2D eigenvalue weighted by Crippen LogP contribution is 2.66. The number of ether oxygens (including phenoxy) is 1. The van der Waals surface area contributed by atoms with Gasteiger partial charge in [0, 0.05) is 2.85 Å². The van der Waals surface area contributed by atoms with Crippen molar-refractivity contribution in [1.82, 2.24) is 0 Å². The van der Waals surface area contributed by atoms with Crippen LogP contribution in [0.15, 0.2) is 54.3 Å². The summed E-state index contributed by atoms with van der Waals surface area (Å²) < 4.78 is 5.76. The van der Waals surface area contributed by atoms with Crippen molar-refractivity contribution >= 4 is 0 Å².